The molecule has 0 aliphatic carbocycles. The highest BCUT2D eigenvalue weighted by Crippen LogP contribution is 2.48. The Labute approximate surface area is 177 Å². The van der Waals surface area contributed by atoms with E-state index < -0.39 is 38.4 Å². The molecule has 0 saturated carbocycles. The van der Waals surface area contributed by atoms with Crippen molar-refractivity contribution in [3.63, 3.8) is 0 Å². The van der Waals surface area contributed by atoms with Crippen LogP contribution in [0.2, 0.25) is 0 Å². The van der Waals surface area contributed by atoms with E-state index in [-0.39, 0.29) is 23.4 Å². The average molecular weight is 516 g/mol. The first-order valence-corrected chi connectivity index (χ1v) is 11.0. The van der Waals surface area contributed by atoms with Crippen molar-refractivity contribution in [1.29, 1.82) is 0 Å². The topological polar surface area (TPSA) is 46.2 Å². The standard InChI is InChI=1S/C19H16BrF6NO2S/c20-14-2-1-3-15(10-14)30(28,29)17(8-9-27-11-17)12-4-6-13(7-5-12)18(23,16(21)22)19(24,25)26/h1-7,10,16,27H,8-9,11H2. The molecule has 3 rings (SSSR count). The van der Waals surface area contributed by atoms with Crippen LogP contribution in [0.1, 0.15) is 17.5 Å². The van der Waals surface area contributed by atoms with Crippen molar-refractivity contribution in [2.75, 3.05) is 13.1 Å². The lowest BCUT2D eigenvalue weighted by Crippen LogP contribution is -2.44. The van der Waals surface area contributed by atoms with Gasteiger partial charge < -0.3 is 5.32 Å². The SMILES string of the molecule is O=S(=O)(c1cccc(Br)c1)C1(c2ccc(C(F)(C(F)F)C(F)(F)F)cc2)CCNC1. The molecule has 1 N–H and O–H groups in total. The third kappa shape index (κ3) is 3.54. The van der Waals surface area contributed by atoms with Crippen LogP contribution in [0.5, 0.6) is 0 Å². The van der Waals surface area contributed by atoms with Crippen molar-refractivity contribution in [2.24, 2.45) is 0 Å². The summed E-state index contributed by atoms with van der Waals surface area (Å²) >= 11 is 3.20. The van der Waals surface area contributed by atoms with Crippen molar-refractivity contribution >= 4 is 25.8 Å². The predicted octanol–water partition coefficient (Wildman–Crippen LogP) is 5.10. The highest BCUT2D eigenvalue weighted by molar-refractivity contribution is 9.10. The Morgan fingerprint density at radius 2 is 1.67 bits per heavy atom. The smallest absolute Gasteiger partial charge is 0.315 e. The van der Waals surface area contributed by atoms with Crippen LogP contribution in [0.3, 0.4) is 0 Å². The van der Waals surface area contributed by atoms with Crippen molar-refractivity contribution in [2.45, 2.75) is 34.3 Å². The molecule has 2 unspecified atom stereocenters. The zero-order valence-corrected chi connectivity index (χ0v) is 17.6. The van der Waals surface area contributed by atoms with Crippen molar-refractivity contribution in [1.82, 2.24) is 5.32 Å². The molecule has 0 radical (unpaired) electrons. The molecular formula is C19H16BrF6NO2S. The first-order chi connectivity index (χ1) is 13.9. The lowest BCUT2D eigenvalue weighted by molar-refractivity contribution is -0.274. The Morgan fingerprint density at radius 1 is 1.03 bits per heavy atom. The van der Waals surface area contributed by atoms with Gasteiger partial charge in [-0.2, -0.15) is 13.2 Å². The van der Waals surface area contributed by atoms with Gasteiger partial charge in [-0.15, -0.1) is 0 Å². The van der Waals surface area contributed by atoms with E-state index in [2.05, 4.69) is 21.2 Å². The molecule has 1 aliphatic rings. The second-order valence-corrected chi connectivity index (χ2v) is 10.1. The fourth-order valence-corrected chi connectivity index (χ4v) is 6.24. The summed E-state index contributed by atoms with van der Waals surface area (Å²) in [5.41, 5.74) is -6.04. The summed E-state index contributed by atoms with van der Waals surface area (Å²) in [6.45, 7) is 0.289. The normalized spacial score (nSPS) is 22.3. The zero-order chi connectivity index (χ0) is 22.4. The van der Waals surface area contributed by atoms with Gasteiger partial charge in [-0.3, -0.25) is 0 Å². The molecule has 2 aromatic carbocycles. The number of hydrogen-bond acceptors (Lipinski definition) is 3. The maximum Gasteiger partial charge on any atom is 0.432 e. The quantitative estimate of drug-likeness (QED) is 0.563. The molecule has 1 aliphatic heterocycles. The number of alkyl halides is 6. The maximum atomic E-state index is 14.3. The Morgan fingerprint density at radius 3 is 2.13 bits per heavy atom. The summed E-state index contributed by atoms with van der Waals surface area (Å²) in [5, 5.41) is 2.92. The molecule has 1 fully saturated rings. The number of halogens is 7. The summed E-state index contributed by atoms with van der Waals surface area (Å²) < 4.78 is 105. The van der Waals surface area contributed by atoms with Crippen LogP contribution in [0.25, 0.3) is 0 Å². The molecular weight excluding hydrogens is 500 g/mol. The fourth-order valence-electron chi connectivity index (χ4n) is 3.59. The van der Waals surface area contributed by atoms with E-state index in [1.165, 1.54) is 18.2 Å². The van der Waals surface area contributed by atoms with Crippen molar-refractivity contribution < 1.29 is 34.8 Å². The first-order valence-electron chi connectivity index (χ1n) is 8.72. The van der Waals surface area contributed by atoms with Crippen molar-refractivity contribution in [3.05, 3.63) is 64.1 Å². The van der Waals surface area contributed by atoms with Gasteiger partial charge in [0.1, 0.15) is 4.75 Å². The maximum absolute atomic E-state index is 14.3. The van der Waals surface area contributed by atoms with Crippen LogP contribution in [-0.2, 0) is 20.3 Å². The minimum atomic E-state index is -5.84. The molecule has 30 heavy (non-hydrogen) atoms. The molecule has 1 heterocycles. The Bertz CT molecular complexity index is 1020. The number of benzene rings is 2. The monoisotopic (exact) mass is 515 g/mol. The van der Waals surface area contributed by atoms with E-state index in [9.17, 15) is 34.8 Å². The van der Waals surface area contributed by atoms with Gasteiger partial charge in [-0.05, 0) is 36.7 Å². The zero-order valence-electron chi connectivity index (χ0n) is 15.2. The fraction of sp³-hybridized carbons (Fsp3) is 0.368. The first kappa shape index (κ1) is 23.1. The third-order valence-electron chi connectivity index (χ3n) is 5.28. The molecule has 0 spiro atoms. The molecule has 1 saturated heterocycles. The van der Waals surface area contributed by atoms with Crippen LogP contribution in [0, 0.1) is 0 Å². The summed E-state index contributed by atoms with van der Waals surface area (Å²) in [4.78, 5) is -0.00707. The molecule has 0 amide bonds. The van der Waals surface area contributed by atoms with Gasteiger partial charge in [-0.25, -0.2) is 21.6 Å². The molecule has 0 aromatic heterocycles. The number of hydrogen-bond donors (Lipinski definition) is 1. The van der Waals surface area contributed by atoms with E-state index in [4.69, 9.17) is 0 Å². The second-order valence-electron chi connectivity index (χ2n) is 6.97. The highest BCUT2D eigenvalue weighted by atomic mass is 79.9. The lowest BCUT2D eigenvalue weighted by atomic mass is 9.91. The van der Waals surface area contributed by atoms with Crippen LogP contribution >= 0.6 is 15.9 Å². The van der Waals surface area contributed by atoms with E-state index in [1.54, 1.807) is 6.07 Å². The second kappa shape index (κ2) is 7.83. The van der Waals surface area contributed by atoms with E-state index >= 15 is 0 Å². The summed E-state index contributed by atoms with van der Waals surface area (Å²) in [6.07, 6.45) is -10.1. The summed E-state index contributed by atoms with van der Waals surface area (Å²) in [6, 6.07) is 9.05. The van der Waals surface area contributed by atoms with Gasteiger partial charge >= 0.3 is 6.18 Å². The van der Waals surface area contributed by atoms with E-state index in [0.29, 0.717) is 23.2 Å². The molecule has 2 aromatic rings. The predicted molar refractivity (Wildman–Crippen MR) is 102 cm³/mol. The number of sulfone groups is 1. The molecule has 3 nitrogen and oxygen atoms in total. The third-order valence-corrected chi connectivity index (χ3v) is 8.26. The summed E-state index contributed by atoms with van der Waals surface area (Å²) in [5.74, 6) is 0. The lowest BCUT2D eigenvalue weighted by Gasteiger charge is -2.31. The van der Waals surface area contributed by atoms with E-state index in [1.807, 2.05) is 0 Å². The van der Waals surface area contributed by atoms with Gasteiger partial charge in [0.25, 0.3) is 12.1 Å². The minimum Gasteiger partial charge on any atom is -0.315 e. The average Bonchev–Trinajstić information content (AvgIpc) is 3.18. The Balaban J connectivity index is 2.11. The molecule has 11 heteroatoms. The van der Waals surface area contributed by atoms with Crippen molar-refractivity contribution in [3.8, 4) is 0 Å². The minimum absolute atomic E-state index is 0.00707. The van der Waals surface area contributed by atoms with Gasteiger partial charge in [0.15, 0.2) is 9.84 Å². The van der Waals surface area contributed by atoms with Crippen LogP contribution in [0.4, 0.5) is 26.3 Å². The molecule has 0 bridgehead atoms. The Hall–Kier alpha value is -1.59. The van der Waals surface area contributed by atoms with Gasteiger partial charge in [-0.1, -0.05) is 46.3 Å². The van der Waals surface area contributed by atoms with Crippen LogP contribution in [0.15, 0.2) is 57.9 Å². The largest absolute Gasteiger partial charge is 0.432 e. The number of rotatable bonds is 5. The molecule has 2 atom stereocenters. The number of nitrogens with one attached hydrogen (secondary N) is 1. The van der Waals surface area contributed by atoms with Crippen LogP contribution < -0.4 is 5.32 Å². The Kier molecular flexibility index (Phi) is 6.02. The summed E-state index contributed by atoms with van der Waals surface area (Å²) in [7, 11) is -4.03. The molecule has 164 valence electrons. The van der Waals surface area contributed by atoms with Gasteiger partial charge in [0.05, 0.1) is 4.90 Å². The van der Waals surface area contributed by atoms with Gasteiger partial charge in [0, 0.05) is 16.6 Å². The van der Waals surface area contributed by atoms with Gasteiger partial charge in [0.2, 0.25) is 0 Å². The highest BCUT2D eigenvalue weighted by Gasteiger charge is 2.64. The van der Waals surface area contributed by atoms with E-state index in [0.717, 1.165) is 12.1 Å². The van der Waals surface area contributed by atoms with Crippen LogP contribution in [-0.4, -0.2) is 34.1 Å².